The summed E-state index contributed by atoms with van der Waals surface area (Å²) in [7, 11) is 0. The molecule has 0 atom stereocenters. The maximum absolute atomic E-state index is 4.75. The van der Waals surface area contributed by atoms with E-state index in [9.17, 15) is 0 Å². The SMILES string of the molecule is C.CC(C)(C)c1cc(-c2ccccn2)[c-]c(-c2ccccn2)c1.CC(C)(C)c1cc(-c2nccc3ccccc23)[c-]c(-c2nccc3ccccc23)c1.CC(C)(C)c1cc(-c2nccc3ccccc23)[c-]c(-c2nccc3ccccc23)c1.Cc1c[c-]c(-c2cccc(-c3cc(C)n[n-]3)n2)cc1.Cc1c[c-]c(-c2cccc(-c3cc(C)n[n-]3)n2)cc1.Cc1c[c-]c(-c2cccc(-c3cc(C)n[n-]3)n2)cc1.[Ir+3].[Ir+3].[Ir+3]. The zero-order valence-corrected chi connectivity index (χ0v) is 89.0. The summed E-state index contributed by atoms with van der Waals surface area (Å²) in [5, 5.41) is 33.6. The number of aromatic nitrogens is 15. The molecule has 12 aromatic heterocycles. The summed E-state index contributed by atoms with van der Waals surface area (Å²) in [5.74, 6) is 0. The van der Waals surface area contributed by atoms with Crippen molar-refractivity contribution < 1.29 is 60.3 Å². The summed E-state index contributed by atoms with van der Waals surface area (Å²) < 4.78 is 0. The van der Waals surface area contributed by atoms with Crippen molar-refractivity contribution in [2.75, 3.05) is 0 Å². The summed E-state index contributed by atoms with van der Waals surface area (Å²) in [5.41, 5.74) is 32.5. The third-order valence-corrected chi connectivity index (χ3v) is 23.6. The Kier molecular flexibility index (Phi) is 35.1. The van der Waals surface area contributed by atoms with Crippen LogP contribution in [0.5, 0.6) is 0 Å². The molecule has 710 valence electrons. The number of pyridine rings is 9. The summed E-state index contributed by atoms with van der Waals surface area (Å²) in [6, 6.07) is 129. The minimum absolute atomic E-state index is 0. The first kappa shape index (κ1) is 105. The summed E-state index contributed by atoms with van der Waals surface area (Å²) in [6.07, 6.45) is 11.1. The predicted octanol–water partition coefficient (Wildman–Crippen LogP) is 29.5. The molecule has 0 saturated carbocycles. The first-order chi connectivity index (χ1) is 67.2. The van der Waals surface area contributed by atoms with Gasteiger partial charge in [0.1, 0.15) is 0 Å². The number of aryl methyl sites for hydroxylation is 6. The van der Waals surface area contributed by atoms with Crippen molar-refractivity contribution in [2.24, 2.45) is 0 Å². The fraction of sp³-hybridized carbons (Fsp3) is 0.152. The molecule has 22 rings (SSSR count). The summed E-state index contributed by atoms with van der Waals surface area (Å²) >= 11 is 0. The molecule has 0 unspecified atom stereocenters. The largest absolute Gasteiger partial charge is 3.00 e. The van der Waals surface area contributed by atoms with E-state index in [1.165, 1.54) is 54.9 Å². The molecule has 18 heteroatoms. The number of nitrogens with zero attached hydrogens (tertiary/aromatic N) is 15. The van der Waals surface area contributed by atoms with Gasteiger partial charge in [0.25, 0.3) is 0 Å². The van der Waals surface area contributed by atoms with Crippen LogP contribution < -0.4 is 15.3 Å². The van der Waals surface area contributed by atoms with Crippen molar-refractivity contribution in [1.82, 2.24) is 75.4 Å². The third kappa shape index (κ3) is 26.5. The van der Waals surface area contributed by atoms with E-state index in [2.05, 4.69) is 330 Å². The van der Waals surface area contributed by atoms with Crippen LogP contribution in [0.4, 0.5) is 0 Å². The maximum atomic E-state index is 4.75. The number of hydrogen-bond donors (Lipinski definition) is 0. The van der Waals surface area contributed by atoms with Gasteiger partial charge in [-0.1, -0.05) is 317 Å². The van der Waals surface area contributed by atoms with Crippen molar-refractivity contribution in [1.29, 1.82) is 0 Å². The van der Waals surface area contributed by atoms with Crippen LogP contribution in [-0.2, 0) is 76.6 Å². The van der Waals surface area contributed by atoms with Crippen molar-refractivity contribution in [3.8, 4) is 135 Å². The van der Waals surface area contributed by atoms with Crippen LogP contribution in [0.25, 0.3) is 179 Å². The Labute approximate surface area is 880 Å². The standard InChI is InChI=1S/2C28H23N2.C20H19N2.3C16H13N3.CH4.3Ir/c2*1-28(2,3)23-17-21(26-24-10-6-4-8-19(24)12-14-29-26)16-22(18-23)27-25-11-7-5-9-20(25)13-15-30-27;1-20(2,3)17-13-15(18-8-4-6-10-21-18)12-16(14-17)19-9-5-7-11-22-19;3*1-11-6-8-13(9-7-11)14-4-3-5-15(17-14)16-10-12(2)18-19-16;;;;/h2*4-15,17-18H,1-3H3;4-11,13-14H,1-3H3;3*3-8,10H,1-2H3;1H4;;;/q3*-1;3*-2;;3*+3. The van der Waals surface area contributed by atoms with Crippen LogP contribution in [0.2, 0.25) is 0 Å². The van der Waals surface area contributed by atoms with Crippen LogP contribution in [-0.4, -0.2) is 60.2 Å². The van der Waals surface area contributed by atoms with E-state index in [4.69, 9.17) is 19.9 Å². The van der Waals surface area contributed by atoms with Crippen LogP contribution in [0.3, 0.4) is 0 Å². The first-order valence-electron chi connectivity index (χ1n) is 46.4. The molecule has 0 spiro atoms. The Morgan fingerprint density at radius 2 is 0.469 bits per heavy atom. The van der Waals surface area contributed by atoms with Gasteiger partial charge in [-0.25, -0.2) is 0 Å². The van der Waals surface area contributed by atoms with E-state index in [0.29, 0.717) is 0 Å². The molecule has 0 N–H and O–H groups in total. The van der Waals surface area contributed by atoms with Crippen molar-refractivity contribution in [2.45, 2.75) is 128 Å². The Morgan fingerprint density at radius 1 is 0.224 bits per heavy atom. The molecule has 0 fully saturated rings. The molecule has 0 radical (unpaired) electrons. The number of rotatable bonds is 12. The van der Waals surface area contributed by atoms with Gasteiger partial charge in [0, 0.05) is 106 Å². The average Bonchev–Trinajstić information content (AvgIpc) is 1.18. The topological polar surface area (TPSA) is 197 Å². The zero-order chi connectivity index (χ0) is 96.7. The molecule has 0 aliphatic carbocycles. The fourth-order valence-corrected chi connectivity index (χ4v) is 15.9. The van der Waals surface area contributed by atoms with Gasteiger partial charge in [-0.15, -0.1) is 177 Å². The average molecular weight is 2400 g/mol. The van der Waals surface area contributed by atoms with E-state index in [1.807, 2.05) is 224 Å². The Balaban J connectivity index is 0.000000145. The van der Waals surface area contributed by atoms with Crippen LogP contribution >= 0.6 is 0 Å². The van der Waals surface area contributed by atoms with Crippen LogP contribution in [0, 0.1) is 77.9 Å². The summed E-state index contributed by atoms with van der Waals surface area (Å²) in [6.45, 7) is 32.0. The maximum Gasteiger partial charge on any atom is 3.00 e. The van der Waals surface area contributed by atoms with Crippen molar-refractivity contribution in [3.63, 3.8) is 0 Å². The molecular weight excluding hydrogens is 2290 g/mol. The Morgan fingerprint density at radius 3 is 0.706 bits per heavy atom. The Bertz CT molecular complexity index is 7230. The zero-order valence-electron chi connectivity index (χ0n) is 81.8. The molecule has 12 heterocycles. The number of hydrogen-bond acceptors (Lipinski definition) is 12. The first-order valence-corrected chi connectivity index (χ1v) is 46.4. The normalized spacial score (nSPS) is 11.0. The van der Waals surface area contributed by atoms with Gasteiger partial charge in [0.05, 0.1) is 0 Å². The van der Waals surface area contributed by atoms with Crippen LogP contribution in [0.1, 0.15) is 120 Å². The minimum Gasteiger partial charge on any atom is -0.574 e. The van der Waals surface area contributed by atoms with Crippen LogP contribution in [0.15, 0.2) is 359 Å². The second kappa shape index (κ2) is 47.6. The van der Waals surface area contributed by atoms with Gasteiger partial charge in [-0.05, 0) is 152 Å². The second-order valence-electron chi connectivity index (χ2n) is 37.5. The molecule has 22 aromatic rings. The van der Waals surface area contributed by atoms with E-state index in [1.54, 1.807) is 0 Å². The van der Waals surface area contributed by atoms with Gasteiger partial charge in [-0.2, -0.15) is 0 Å². The van der Waals surface area contributed by atoms with E-state index in [-0.39, 0.29) is 84.0 Å². The molecule has 0 saturated heterocycles. The third-order valence-electron chi connectivity index (χ3n) is 23.6. The molecular formula is C125H108Ir3N15. The van der Waals surface area contributed by atoms with Crippen molar-refractivity contribution >= 4 is 43.1 Å². The monoisotopic (exact) mass is 2400 g/mol. The Hall–Kier alpha value is -14.8. The molecule has 0 amide bonds. The van der Waals surface area contributed by atoms with Gasteiger partial charge in [0.15, 0.2) is 0 Å². The molecule has 0 aliphatic heterocycles. The number of benzene rings is 10. The molecule has 143 heavy (non-hydrogen) atoms. The smallest absolute Gasteiger partial charge is 0.574 e. The van der Waals surface area contributed by atoms with E-state index in [0.717, 1.165) is 174 Å². The number of fused-ring (bicyclic) bond motifs is 4. The molecule has 10 aromatic carbocycles. The predicted molar refractivity (Wildman–Crippen MR) is 572 cm³/mol. The van der Waals surface area contributed by atoms with Gasteiger partial charge in [-0.3, -0.25) is 44.9 Å². The quantitative estimate of drug-likeness (QED) is 0.105. The van der Waals surface area contributed by atoms with Crippen molar-refractivity contribution in [3.05, 3.63) is 446 Å². The fourth-order valence-electron chi connectivity index (χ4n) is 15.9. The van der Waals surface area contributed by atoms with Gasteiger partial charge < -0.3 is 30.6 Å². The van der Waals surface area contributed by atoms with E-state index < -0.39 is 0 Å². The van der Waals surface area contributed by atoms with Gasteiger partial charge >= 0.3 is 60.3 Å². The molecule has 15 nitrogen and oxygen atoms in total. The van der Waals surface area contributed by atoms with Gasteiger partial charge in [0.2, 0.25) is 0 Å². The minimum atomic E-state index is -0.00618. The van der Waals surface area contributed by atoms with E-state index >= 15 is 0 Å². The summed E-state index contributed by atoms with van der Waals surface area (Å²) in [4.78, 5) is 41.8. The molecule has 0 bridgehead atoms. The second-order valence-corrected chi connectivity index (χ2v) is 37.5. The molecule has 0 aliphatic rings.